The number of guanidine groups is 2. The number of nitrogens with zero attached hydrogens (tertiary/aromatic N) is 2. The Labute approximate surface area is 574 Å². The molecule has 0 saturated carbocycles. The zero-order valence-corrected chi connectivity index (χ0v) is 56.2. The number of nitrogens with two attached hydrogens (primary N) is 8. The topological polar surface area (TPSA) is 640 Å². The van der Waals surface area contributed by atoms with Crippen molar-refractivity contribution in [2.24, 2.45) is 55.9 Å². The second-order valence-corrected chi connectivity index (χ2v) is 23.2. The van der Waals surface area contributed by atoms with Crippen molar-refractivity contribution in [2.45, 2.75) is 171 Å². The van der Waals surface area contributed by atoms with E-state index in [-0.39, 0.29) is 102 Å². The van der Waals surface area contributed by atoms with E-state index in [2.05, 4.69) is 73.8 Å². The number of primary amides is 1. The molecule has 37 heteroatoms. The number of rotatable bonds is 48. The third kappa shape index (κ3) is 35.0. The summed E-state index contributed by atoms with van der Waals surface area (Å²) in [4.78, 5) is 182. The molecule has 0 aliphatic rings. The zero-order valence-electron chi connectivity index (χ0n) is 56.2. The standard InChI is InChI=1S/C62H102N22O15/c1-4-14-42(82-59(98)46(30-37-15-6-5-7-16-37)78-50(89)32-73-48(87)31-74-54(93)40(65)29-38-21-23-39(86)24-22-38)55(94)75-33-49(88)76-35(2)52(91)80-45(20-13-28-72-62(69)70)57(96)83-43(18-9-11-26-64)58(97)84-47(34-85)60(99)77-36(3)53(92)81-44(19-12-27-71-61(67)68)56(95)79-41(51(66)90)17-8-10-25-63/h5-7,15-16,21-24,35-36,40-47,85-86H,4,8-14,17-20,25-34,63-65H2,1-3H3,(H2,66,90)(H,73,87)(H,74,93)(H,75,94)(H,76,88)(H,77,99)(H,78,89)(H,79,95)(H,80,91)(H,81,92)(H,82,98)(H,83,96)(H,84,97)(H4,67,68,71)(H4,69,70,72)/t35-,36-,40-,41-,42-,43-,44-,45-,46-,47-/m0/s1. The first-order valence-corrected chi connectivity index (χ1v) is 32.5. The van der Waals surface area contributed by atoms with Gasteiger partial charge in [-0.05, 0) is 127 Å². The molecule has 2 aromatic rings. The van der Waals surface area contributed by atoms with Gasteiger partial charge >= 0.3 is 0 Å². The van der Waals surface area contributed by atoms with Crippen LogP contribution in [0.15, 0.2) is 64.6 Å². The summed E-state index contributed by atoms with van der Waals surface area (Å²) in [6.45, 7) is 2.00. The lowest BCUT2D eigenvalue weighted by molar-refractivity contribution is -0.136. The highest BCUT2D eigenvalue weighted by Gasteiger charge is 2.34. The molecule has 2 rings (SSSR count). The van der Waals surface area contributed by atoms with Crippen molar-refractivity contribution >= 4 is 88.7 Å². The molecule has 0 bridgehead atoms. The van der Waals surface area contributed by atoms with Gasteiger partial charge in [0.15, 0.2) is 11.9 Å². The number of hydrogen-bond donors (Lipinski definition) is 22. The fraction of sp³-hybridized carbons (Fsp3) is 0.565. The summed E-state index contributed by atoms with van der Waals surface area (Å²) in [5, 5.41) is 49.5. The van der Waals surface area contributed by atoms with Gasteiger partial charge in [0.25, 0.3) is 0 Å². The van der Waals surface area contributed by atoms with Crippen molar-refractivity contribution in [3.63, 3.8) is 0 Å². The number of unbranched alkanes of at least 4 members (excludes halogenated alkanes) is 2. The quantitative estimate of drug-likeness (QED) is 0.0166. The first-order chi connectivity index (χ1) is 47.0. The van der Waals surface area contributed by atoms with Crippen LogP contribution < -0.4 is 110 Å². The van der Waals surface area contributed by atoms with Gasteiger partial charge in [-0.25, -0.2) is 0 Å². The lowest BCUT2D eigenvalue weighted by Gasteiger charge is -2.26. The fourth-order valence-electron chi connectivity index (χ4n) is 9.37. The van der Waals surface area contributed by atoms with Crippen LogP contribution in [0.2, 0.25) is 0 Å². The molecule has 0 heterocycles. The molecule has 0 fully saturated rings. The van der Waals surface area contributed by atoms with Gasteiger partial charge in [0.2, 0.25) is 76.8 Å². The van der Waals surface area contributed by atoms with E-state index in [0.29, 0.717) is 43.4 Å². The van der Waals surface area contributed by atoms with Gasteiger partial charge in [-0.3, -0.25) is 72.3 Å². The van der Waals surface area contributed by atoms with Crippen LogP contribution >= 0.6 is 0 Å². The molecule has 0 spiro atoms. The van der Waals surface area contributed by atoms with Gasteiger partial charge in [0.05, 0.1) is 32.3 Å². The van der Waals surface area contributed by atoms with E-state index in [1.165, 1.54) is 26.0 Å². The van der Waals surface area contributed by atoms with Crippen LogP contribution in [0, 0.1) is 0 Å². The summed E-state index contributed by atoms with van der Waals surface area (Å²) in [5.41, 5.74) is 45.9. The van der Waals surface area contributed by atoms with E-state index in [1.54, 1.807) is 49.4 Å². The maximum Gasteiger partial charge on any atom is 0.245 e. The number of phenols is 1. The number of hydrogen-bond acceptors (Lipinski definition) is 20. The van der Waals surface area contributed by atoms with E-state index < -0.39 is 163 Å². The molecule has 13 amide bonds. The van der Waals surface area contributed by atoms with Crippen LogP contribution in [0.5, 0.6) is 5.75 Å². The summed E-state index contributed by atoms with van der Waals surface area (Å²) in [7, 11) is 0. The van der Waals surface area contributed by atoms with Crippen LogP contribution in [0.3, 0.4) is 0 Å². The number of aliphatic hydroxyl groups excluding tert-OH is 1. The molecular weight excluding hydrogens is 1290 g/mol. The lowest BCUT2D eigenvalue weighted by Crippen LogP contribution is -2.60. The Morgan fingerprint density at radius 3 is 1.31 bits per heavy atom. The highest BCUT2D eigenvalue weighted by molar-refractivity contribution is 5.99. The molecule has 0 aliphatic heterocycles. The molecule has 550 valence electrons. The molecule has 99 heavy (non-hydrogen) atoms. The number of aromatic hydroxyl groups is 1. The van der Waals surface area contributed by atoms with Crippen molar-refractivity contribution in [3.05, 3.63) is 65.7 Å². The number of amides is 13. The SMILES string of the molecule is CCC[C@H](NC(=O)[C@H](Cc1ccccc1)NC(=O)CNC(=O)CNC(=O)[C@@H](N)Cc1ccc(O)cc1)C(=O)NCC(=O)N[C@@H](C)C(=O)N[C@@H](CCCN=C(N)N)C(=O)N[C@@H](CCCCN)C(=O)N[C@@H](CO)C(=O)N[C@@H](C)C(=O)N[C@@H](CCCN=C(N)N)C(=O)N[C@@H](CCCCN)C(N)=O. The molecule has 0 aliphatic carbocycles. The number of benzene rings is 2. The van der Waals surface area contributed by atoms with Gasteiger partial charge < -0.3 is 120 Å². The lowest BCUT2D eigenvalue weighted by atomic mass is 10.0. The van der Waals surface area contributed by atoms with Crippen LogP contribution in [0.1, 0.15) is 109 Å². The minimum Gasteiger partial charge on any atom is -0.508 e. The van der Waals surface area contributed by atoms with E-state index in [4.69, 9.17) is 45.9 Å². The van der Waals surface area contributed by atoms with E-state index in [9.17, 15) is 72.5 Å². The molecule has 10 atom stereocenters. The Morgan fingerprint density at radius 1 is 0.414 bits per heavy atom. The third-order valence-electron chi connectivity index (χ3n) is 14.8. The van der Waals surface area contributed by atoms with Crippen molar-refractivity contribution in [1.82, 2.24) is 63.8 Å². The molecule has 0 radical (unpaired) electrons. The van der Waals surface area contributed by atoms with Crippen molar-refractivity contribution in [3.8, 4) is 5.75 Å². The van der Waals surface area contributed by atoms with Gasteiger partial charge in [0, 0.05) is 19.5 Å². The van der Waals surface area contributed by atoms with E-state index >= 15 is 0 Å². The highest BCUT2D eigenvalue weighted by Crippen LogP contribution is 2.12. The number of aliphatic hydroxyl groups is 1. The Morgan fingerprint density at radius 2 is 0.818 bits per heavy atom. The van der Waals surface area contributed by atoms with Gasteiger partial charge in [0.1, 0.15) is 60.1 Å². The van der Waals surface area contributed by atoms with Crippen LogP contribution in [-0.4, -0.2) is 212 Å². The first kappa shape index (κ1) is 84.8. The smallest absolute Gasteiger partial charge is 0.245 e. The Balaban J connectivity index is 2.17. The summed E-state index contributed by atoms with van der Waals surface area (Å²) in [5.74, 6) is -11.4. The minimum atomic E-state index is -1.72. The number of phenolic OH excluding ortho intramolecular Hbond substituents is 1. The number of aliphatic imine (C=N–C) groups is 2. The second-order valence-electron chi connectivity index (χ2n) is 23.2. The maximum atomic E-state index is 14.1. The summed E-state index contributed by atoms with van der Waals surface area (Å²) in [6.07, 6.45) is 2.33. The zero-order chi connectivity index (χ0) is 74.0. The van der Waals surface area contributed by atoms with Crippen molar-refractivity contribution < 1.29 is 72.5 Å². The number of carbonyl (C=O) groups excluding carboxylic acids is 13. The fourth-order valence-corrected chi connectivity index (χ4v) is 9.37. The number of carbonyl (C=O) groups is 13. The van der Waals surface area contributed by atoms with Crippen LogP contribution in [-0.2, 0) is 75.2 Å². The van der Waals surface area contributed by atoms with Crippen molar-refractivity contribution in [1.29, 1.82) is 0 Å². The van der Waals surface area contributed by atoms with E-state index in [0.717, 1.165) is 0 Å². The molecular formula is C62H102N22O15. The molecule has 30 N–H and O–H groups in total. The van der Waals surface area contributed by atoms with Gasteiger partial charge in [-0.2, -0.15) is 0 Å². The predicted molar refractivity (Wildman–Crippen MR) is 365 cm³/mol. The van der Waals surface area contributed by atoms with Crippen molar-refractivity contribution in [2.75, 3.05) is 52.4 Å². The Bertz CT molecular complexity index is 3030. The summed E-state index contributed by atoms with van der Waals surface area (Å²) >= 11 is 0. The average molecular weight is 1400 g/mol. The Kier molecular flexibility index (Phi) is 40.1. The first-order valence-electron chi connectivity index (χ1n) is 32.5. The van der Waals surface area contributed by atoms with Gasteiger partial charge in [-0.15, -0.1) is 0 Å². The van der Waals surface area contributed by atoms with Crippen LogP contribution in [0.4, 0.5) is 0 Å². The second kappa shape index (κ2) is 46.8. The monoisotopic (exact) mass is 1390 g/mol. The highest BCUT2D eigenvalue weighted by atomic mass is 16.3. The maximum absolute atomic E-state index is 14.1. The van der Waals surface area contributed by atoms with E-state index in [1.807, 2.05) is 0 Å². The molecule has 0 saturated heterocycles. The Hall–Kier alpha value is -10.3. The average Bonchev–Trinajstić information content (AvgIpc) is 0.901. The third-order valence-corrected chi connectivity index (χ3v) is 14.8. The normalized spacial score (nSPS) is 13.8. The summed E-state index contributed by atoms with van der Waals surface area (Å²) < 4.78 is 0. The summed E-state index contributed by atoms with van der Waals surface area (Å²) in [6, 6.07) is 1.33. The van der Waals surface area contributed by atoms with Gasteiger partial charge in [-0.1, -0.05) is 55.8 Å². The largest absolute Gasteiger partial charge is 0.508 e. The minimum absolute atomic E-state index is 0.00984. The van der Waals surface area contributed by atoms with Crippen LogP contribution in [0.25, 0.3) is 0 Å². The molecule has 0 aromatic heterocycles. The molecule has 0 unspecified atom stereocenters. The predicted octanol–water partition coefficient (Wildman–Crippen LogP) is -8.10. The number of nitrogens with one attached hydrogen (secondary N) is 12. The molecule has 2 aromatic carbocycles. The molecule has 37 nitrogen and oxygen atoms in total.